The predicted octanol–water partition coefficient (Wildman–Crippen LogP) is 2.77. The van der Waals surface area contributed by atoms with Crippen molar-refractivity contribution in [1.29, 1.82) is 0 Å². The number of para-hydroxylation sites is 1. The van der Waals surface area contributed by atoms with Gasteiger partial charge < -0.3 is 10.2 Å². The van der Waals surface area contributed by atoms with Gasteiger partial charge in [-0.2, -0.15) is 0 Å². The molecule has 1 aliphatic heterocycles. The molecule has 0 aliphatic carbocycles. The lowest BCUT2D eigenvalue weighted by atomic mass is 10.0. The Kier molecular flexibility index (Phi) is 5.65. The molecule has 0 aromatic heterocycles. The van der Waals surface area contributed by atoms with Gasteiger partial charge in [-0.3, -0.25) is 0 Å². The summed E-state index contributed by atoms with van der Waals surface area (Å²) in [5.41, 5.74) is 0.743. The minimum Gasteiger partial charge on any atom is -0.381 e. The molecule has 1 saturated heterocycles. The summed E-state index contributed by atoms with van der Waals surface area (Å²) in [6, 6.07) is 7.56. The monoisotopic (exact) mass is 310 g/mol. The van der Waals surface area contributed by atoms with Crippen LogP contribution in [0.4, 0.5) is 5.69 Å². The molecular formula is C16H26N2O2S. The first kappa shape index (κ1) is 16.3. The van der Waals surface area contributed by atoms with Crippen LogP contribution in [0.5, 0.6) is 0 Å². The van der Waals surface area contributed by atoms with Gasteiger partial charge in [0.2, 0.25) is 0 Å². The van der Waals surface area contributed by atoms with Crippen molar-refractivity contribution in [3.63, 3.8) is 0 Å². The van der Waals surface area contributed by atoms with E-state index in [4.69, 9.17) is 0 Å². The lowest BCUT2D eigenvalue weighted by Crippen LogP contribution is -2.39. The number of nitrogens with zero attached hydrogens (tertiary/aromatic N) is 1. The summed E-state index contributed by atoms with van der Waals surface area (Å²) in [6.07, 6.45) is 5.90. The van der Waals surface area contributed by atoms with Gasteiger partial charge in [-0.15, -0.1) is 0 Å². The van der Waals surface area contributed by atoms with Crippen molar-refractivity contribution in [2.75, 3.05) is 31.2 Å². The maximum absolute atomic E-state index is 11.8. The summed E-state index contributed by atoms with van der Waals surface area (Å²) in [5.74, 6) is 0. The van der Waals surface area contributed by atoms with Gasteiger partial charge in [-0.1, -0.05) is 25.5 Å². The summed E-state index contributed by atoms with van der Waals surface area (Å²) < 4.78 is 23.6. The molecule has 2 rings (SSSR count). The van der Waals surface area contributed by atoms with E-state index in [1.807, 2.05) is 12.1 Å². The molecule has 0 spiro atoms. The Balaban J connectivity index is 1.95. The number of hydrogen-bond donors (Lipinski definition) is 1. The van der Waals surface area contributed by atoms with E-state index in [2.05, 4.69) is 17.1 Å². The molecule has 4 nitrogen and oxygen atoms in total. The lowest BCUT2D eigenvalue weighted by molar-refractivity contribution is 0.216. The zero-order chi connectivity index (χ0) is 15.3. The molecule has 118 valence electrons. The molecule has 21 heavy (non-hydrogen) atoms. The van der Waals surface area contributed by atoms with Gasteiger partial charge in [0.25, 0.3) is 0 Å². The van der Waals surface area contributed by atoms with Crippen LogP contribution < -0.4 is 5.32 Å². The fourth-order valence-electron chi connectivity index (χ4n) is 2.81. The number of anilines is 1. The molecule has 0 atom stereocenters. The Morgan fingerprint density at radius 2 is 1.90 bits per heavy atom. The predicted molar refractivity (Wildman–Crippen MR) is 87.5 cm³/mol. The van der Waals surface area contributed by atoms with Crippen LogP contribution in [-0.2, 0) is 9.84 Å². The number of sulfone groups is 1. The van der Waals surface area contributed by atoms with Crippen molar-refractivity contribution < 1.29 is 8.42 Å². The van der Waals surface area contributed by atoms with Gasteiger partial charge in [-0.25, -0.2) is 8.42 Å². The Bertz CT molecular complexity index is 549. The Morgan fingerprint density at radius 3 is 2.52 bits per heavy atom. The third kappa shape index (κ3) is 4.71. The van der Waals surface area contributed by atoms with Crippen molar-refractivity contribution in [1.82, 2.24) is 4.90 Å². The van der Waals surface area contributed by atoms with Gasteiger partial charge in [-0.05, 0) is 37.9 Å². The van der Waals surface area contributed by atoms with Gasteiger partial charge >= 0.3 is 0 Å². The molecule has 0 amide bonds. The molecule has 1 N–H and O–H groups in total. The normalized spacial score (nSPS) is 17.8. The number of benzene rings is 1. The zero-order valence-electron chi connectivity index (χ0n) is 13.0. The van der Waals surface area contributed by atoms with E-state index in [1.54, 1.807) is 12.1 Å². The van der Waals surface area contributed by atoms with Gasteiger partial charge in [0.15, 0.2) is 9.84 Å². The molecule has 0 bridgehead atoms. The van der Waals surface area contributed by atoms with Crippen LogP contribution in [0, 0.1) is 0 Å². The topological polar surface area (TPSA) is 49.4 Å². The molecule has 1 aliphatic rings. The molecule has 0 saturated carbocycles. The number of hydrogen-bond acceptors (Lipinski definition) is 4. The molecular weight excluding hydrogens is 284 g/mol. The SMILES string of the molecule is CCCCN1CCC(Nc2ccccc2S(C)(=O)=O)CC1. The van der Waals surface area contributed by atoms with Crippen molar-refractivity contribution in [3.8, 4) is 0 Å². The second-order valence-electron chi connectivity index (χ2n) is 5.88. The van der Waals surface area contributed by atoms with Crippen LogP contribution in [0.15, 0.2) is 29.2 Å². The summed E-state index contributed by atoms with van der Waals surface area (Å²) in [4.78, 5) is 2.91. The zero-order valence-corrected chi connectivity index (χ0v) is 13.8. The highest BCUT2D eigenvalue weighted by atomic mass is 32.2. The summed E-state index contributed by atoms with van der Waals surface area (Å²) in [5, 5.41) is 3.43. The first-order chi connectivity index (χ1) is 10.0. The van der Waals surface area contributed by atoms with E-state index in [-0.39, 0.29) is 0 Å². The average Bonchev–Trinajstić information content (AvgIpc) is 2.46. The van der Waals surface area contributed by atoms with Gasteiger partial charge in [0.05, 0.1) is 10.6 Å². The molecule has 0 unspecified atom stereocenters. The summed E-state index contributed by atoms with van der Waals surface area (Å²) in [6.45, 7) is 5.59. The van der Waals surface area contributed by atoms with Crippen LogP contribution in [0.3, 0.4) is 0 Å². The molecule has 5 heteroatoms. The highest BCUT2D eigenvalue weighted by molar-refractivity contribution is 7.90. The van der Waals surface area contributed by atoms with Crippen LogP contribution in [-0.4, -0.2) is 45.2 Å². The quantitative estimate of drug-likeness (QED) is 0.878. The first-order valence-electron chi connectivity index (χ1n) is 7.78. The number of likely N-dealkylation sites (tertiary alicyclic amines) is 1. The van der Waals surface area contributed by atoms with Crippen LogP contribution >= 0.6 is 0 Å². The van der Waals surface area contributed by atoms with Crippen molar-refractivity contribution in [2.24, 2.45) is 0 Å². The summed E-state index contributed by atoms with van der Waals surface area (Å²) >= 11 is 0. The van der Waals surface area contributed by atoms with Crippen LogP contribution in [0.25, 0.3) is 0 Å². The molecule has 1 aromatic rings. The highest BCUT2D eigenvalue weighted by Gasteiger charge is 2.20. The summed E-state index contributed by atoms with van der Waals surface area (Å²) in [7, 11) is -3.18. The maximum atomic E-state index is 11.8. The van der Waals surface area contributed by atoms with Crippen molar-refractivity contribution in [2.45, 2.75) is 43.5 Å². The smallest absolute Gasteiger partial charge is 0.177 e. The van der Waals surface area contributed by atoms with Crippen molar-refractivity contribution >= 4 is 15.5 Å². The molecule has 1 fully saturated rings. The minimum atomic E-state index is -3.18. The van der Waals surface area contributed by atoms with Crippen LogP contribution in [0.2, 0.25) is 0 Å². The second-order valence-corrected chi connectivity index (χ2v) is 7.87. The standard InChI is InChI=1S/C16H26N2O2S/c1-3-4-11-18-12-9-14(10-13-18)17-15-7-5-6-8-16(15)21(2,19)20/h5-8,14,17H,3-4,9-13H2,1-2H3. The first-order valence-corrected chi connectivity index (χ1v) is 9.68. The van der Waals surface area contributed by atoms with E-state index >= 15 is 0 Å². The Hall–Kier alpha value is -1.07. The van der Waals surface area contributed by atoms with Crippen LogP contribution in [0.1, 0.15) is 32.6 Å². The van der Waals surface area contributed by atoms with E-state index in [0.29, 0.717) is 10.9 Å². The molecule has 0 radical (unpaired) electrons. The largest absolute Gasteiger partial charge is 0.381 e. The number of nitrogens with one attached hydrogen (secondary N) is 1. The highest BCUT2D eigenvalue weighted by Crippen LogP contribution is 2.24. The minimum absolute atomic E-state index is 0.366. The second kappa shape index (κ2) is 7.27. The fraction of sp³-hybridized carbons (Fsp3) is 0.625. The molecule has 1 aromatic carbocycles. The third-order valence-electron chi connectivity index (χ3n) is 4.06. The van der Waals surface area contributed by atoms with Crippen molar-refractivity contribution in [3.05, 3.63) is 24.3 Å². The van der Waals surface area contributed by atoms with Gasteiger partial charge in [0, 0.05) is 25.4 Å². The van der Waals surface area contributed by atoms with E-state index in [0.717, 1.165) is 31.6 Å². The van der Waals surface area contributed by atoms with E-state index < -0.39 is 9.84 Å². The number of rotatable bonds is 6. The number of piperidine rings is 1. The average molecular weight is 310 g/mol. The van der Waals surface area contributed by atoms with Gasteiger partial charge in [0.1, 0.15) is 0 Å². The van der Waals surface area contributed by atoms with E-state index in [9.17, 15) is 8.42 Å². The fourth-order valence-corrected chi connectivity index (χ4v) is 3.66. The number of unbranched alkanes of at least 4 members (excludes halogenated alkanes) is 1. The Labute approximate surface area is 128 Å². The molecule has 1 heterocycles. The maximum Gasteiger partial charge on any atom is 0.177 e. The van der Waals surface area contributed by atoms with E-state index in [1.165, 1.54) is 25.6 Å². The third-order valence-corrected chi connectivity index (χ3v) is 5.22. The lowest BCUT2D eigenvalue weighted by Gasteiger charge is -2.33. The Morgan fingerprint density at radius 1 is 1.24 bits per heavy atom.